The highest BCUT2D eigenvalue weighted by Gasteiger charge is 2.33. The average Bonchev–Trinajstić information content (AvgIpc) is 3.42. The van der Waals surface area contributed by atoms with Gasteiger partial charge in [-0.15, -0.1) is 0 Å². The number of Topliss-reactive ketones (excluding diaryl/α,β-unsaturated/α-hetero) is 1. The Balaban J connectivity index is 1.28. The standard InChI is InChI=1S/C28H31N5O4S/c34-22-13-15-32(16-14-22)38(36,37)23-11-9-20(10-12-23)30-28-29-18-19-17-26(35)24-7-3-4-8-25(24)33(27(19)31-28)21-5-1-2-6-21/h3-4,7-12,18,21-22,34H,1-2,5-6,13-17H2,(H,29,30,31). The van der Waals surface area contributed by atoms with Crippen LogP contribution >= 0.6 is 0 Å². The predicted octanol–water partition coefficient (Wildman–Crippen LogP) is 4.19. The van der Waals surface area contributed by atoms with Crippen molar-refractivity contribution in [3.63, 3.8) is 0 Å². The van der Waals surface area contributed by atoms with Gasteiger partial charge in [-0.3, -0.25) is 4.79 Å². The van der Waals surface area contributed by atoms with Gasteiger partial charge in [0.05, 0.1) is 16.7 Å². The number of carbonyl (C=O) groups excluding carboxylic acids is 1. The highest BCUT2D eigenvalue weighted by atomic mass is 32.2. The van der Waals surface area contributed by atoms with Crippen LogP contribution in [-0.4, -0.2) is 58.8 Å². The van der Waals surface area contributed by atoms with Crippen LogP contribution in [0.5, 0.6) is 0 Å². The van der Waals surface area contributed by atoms with E-state index in [-0.39, 0.29) is 23.1 Å². The van der Waals surface area contributed by atoms with E-state index in [4.69, 9.17) is 4.98 Å². The number of ketones is 1. The maximum Gasteiger partial charge on any atom is 0.243 e. The SMILES string of the molecule is O=C1Cc2cnc(Nc3ccc(S(=O)(=O)N4CCC(O)CC4)cc3)nc2N(C2CCCC2)c2ccccc21. The second-order valence-corrected chi connectivity index (χ2v) is 12.2. The van der Waals surface area contributed by atoms with Crippen molar-refractivity contribution in [2.24, 2.45) is 0 Å². The van der Waals surface area contributed by atoms with Gasteiger partial charge in [0.1, 0.15) is 5.82 Å². The van der Waals surface area contributed by atoms with E-state index in [2.05, 4.69) is 15.2 Å². The second-order valence-electron chi connectivity index (χ2n) is 10.3. The molecular weight excluding hydrogens is 502 g/mol. The zero-order valence-corrected chi connectivity index (χ0v) is 21.9. The van der Waals surface area contributed by atoms with Crippen LogP contribution in [0.1, 0.15) is 54.4 Å². The molecule has 3 aliphatic rings. The first kappa shape index (κ1) is 25.0. The highest BCUT2D eigenvalue weighted by Crippen LogP contribution is 2.40. The molecule has 10 heteroatoms. The van der Waals surface area contributed by atoms with Crippen LogP contribution in [0.3, 0.4) is 0 Å². The summed E-state index contributed by atoms with van der Waals surface area (Å²) >= 11 is 0. The molecule has 1 saturated carbocycles. The molecule has 3 aromatic rings. The van der Waals surface area contributed by atoms with Gasteiger partial charge in [0, 0.05) is 48.6 Å². The fourth-order valence-electron chi connectivity index (χ4n) is 5.70. The number of nitrogens with one attached hydrogen (secondary N) is 1. The Labute approximate surface area is 222 Å². The van der Waals surface area contributed by atoms with Crippen molar-refractivity contribution in [2.45, 2.75) is 62.0 Å². The number of aromatic nitrogens is 2. The van der Waals surface area contributed by atoms with E-state index in [0.29, 0.717) is 43.1 Å². The Morgan fingerprint density at radius 2 is 1.66 bits per heavy atom. The summed E-state index contributed by atoms with van der Waals surface area (Å²) in [5.41, 5.74) is 3.08. The zero-order valence-electron chi connectivity index (χ0n) is 21.1. The molecule has 2 aliphatic heterocycles. The molecule has 0 spiro atoms. The predicted molar refractivity (Wildman–Crippen MR) is 145 cm³/mol. The van der Waals surface area contributed by atoms with Crippen molar-refractivity contribution in [2.75, 3.05) is 23.3 Å². The normalized spacial score (nSPS) is 19.2. The first-order valence-electron chi connectivity index (χ1n) is 13.2. The fourth-order valence-corrected chi connectivity index (χ4v) is 7.17. The summed E-state index contributed by atoms with van der Waals surface area (Å²) < 4.78 is 27.4. The van der Waals surface area contributed by atoms with Gasteiger partial charge in [0.25, 0.3) is 0 Å². The molecule has 1 saturated heterocycles. The number of nitrogens with zero attached hydrogens (tertiary/aromatic N) is 4. The maximum absolute atomic E-state index is 13.1. The smallest absolute Gasteiger partial charge is 0.243 e. The van der Waals surface area contributed by atoms with Crippen molar-refractivity contribution < 1.29 is 18.3 Å². The molecule has 2 fully saturated rings. The third-order valence-electron chi connectivity index (χ3n) is 7.75. The van der Waals surface area contributed by atoms with Crippen LogP contribution in [-0.2, 0) is 16.4 Å². The molecule has 2 N–H and O–H groups in total. The highest BCUT2D eigenvalue weighted by molar-refractivity contribution is 7.89. The molecule has 1 aliphatic carbocycles. The third-order valence-corrected chi connectivity index (χ3v) is 9.66. The number of fused-ring (bicyclic) bond motifs is 2. The lowest BCUT2D eigenvalue weighted by molar-refractivity contribution is 0.0994. The largest absolute Gasteiger partial charge is 0.393 e. The number of rotatable bonds is 5. The quantitative estimate of drug-likeness (QED) is 0.502. The lowest BCUT2D eigenvalue weighted by Crippen LogP contribution is -2.39. The van der Waals surface area contributed by atoms with Gasteiger partial charge >= 0.3 is 0 Å². The molecule has 3 heterocycles. The molecule has 9 nitrogen and oxygen atoms in total. The van der Waals surface area contributed by atoms with E-state index in [0.717, 1.165) is 42.8 Å². The Morgan fingerprint density at radius 1 is 0.947 bits per heavy atom. The fraction of sp³-hybridized carbons (Fsp3) is 0.393. The molecule has 0 unspecified atom stereocenters. The van der Waals surface area contributed by atoms with Gasteiger partial charge in [0.15, 0.2) is 5.78 Å². The average molecular weight is 534 g/mol. The molecule has 0 atom stereocenters. The number of aliphatic hydroxyl groups is 1. The molecule has 38 heavy (non-hydrogen) atoms. The van der Waals surface area contributed by atoms with Crippen LogP contribution in [0.4, 0.5) is 23.1 Å². The molecule has 0 amide bonds. The van der Waals surface area contributed by atoms with E-state index in [1.165, 1.54) is 4.31 Å². The lowest BCUT2D eigenvalue weighted by Gasteiger charge is -2.31. The van der Waals surface area contributed by atoms with E-state index < -0.39 is 16.1 Å². The van der Waals surface area contributed by atoms with Gasteiger partial charge in [-0.25, -0.2) is 13.4 Å². The van der Waals surface area contributed by atoms with Gasteiger partial charge in [-0.05, 0) is 62.1 Å². The number of carbonyl (C=O) groups is 1. The minimum atomic E-state index is -3.62. The first-order valence-corrected chi connectivity index (χ1v) is 14.7. The van der Waals surface area contributed by atoms with Crippen LogP contribution in [0, 0.1) is 0 Å². The minimum absolute atomic E-state index is 0.0617. The summed E-state index contributed by atoms with van der Waals surface area (Å²) in [4.78, 5) is 24.9. The molecule has 2 aromatic carbocycles. The minimum Gasteiger partial charge on any atom is -0.393 e. The topological polar surface area (TPSA) is 116 Å². The number of hydrogen-bond acceptors (Lipinski definition) is 8. The van der Waals surface area contributed by atoms with Gasteiger partial charge in [-0.2, -0.15) is 9.29 Å². The summed E-state index contributed by atoms with van der Waals surface area (Å²) in [6, 6.07) is 14.6. The summed E-state index contributed by atoms with van der Waals surface area (Å²) in [5.74, 6) is 1.20. The van der Waals surface area contributed by atoms with Gasteiger partial charge in [0.2, 0.25) is 16.0 Å². The van der Waals surface area contributed by atoms with Gasteiger partial charge in [-0.1, -0.05) is 25.0 Å². The number of anilines is 4. The zero-order chi connectivity index (χ0) is 26.3. The summed E-state index contributed by atoms with van der Waals surface area (Å²) in [6.45, 7) is 0.630. The van der Waals surface area contributed by atoms with Crippen molar-refractivity contribution in [1.29, 1.82) is 0 Å². The Kier molecular flexibility index (Phi) is 6.63. The molecule has 6 rings (SSSR count). The Morgan fingerprint density at radius 3 is 2.39 bits per heavy atom. The van der Waals surface area contributed by atoms with Crippen molar-refractivity contribution >= 4 is 38.9 Å². The third kappa shape index (κ3) is 4.68. The molecule has 0 radical (unpaired) electrons. The number of benzene rings is 2. The number of piperidine rings is 1. The summed E-state index contributed by atoms with van der Waals surface area (Å²) in [5, 5.41) is 12.9. The maximum atomic E-state index is 13.1. The second kappa shape index (κ2) is 10.1. The van der Waals surface area contributed by atoms with Crippen LogP contribution < -0.4 is 10.2 Å². The van der Waals surface area contributed by atoms with Crippen molar-refractivity contribution in [3.8, 4) is 0 Å². The molecule has 1 aromatic heterocycles. The van der Waals surface area contributed by atoms with E-state index in [9.17, 15) is 18.3 Å². The number of sulfonamides is 1. The van der Waals surface area contributed by atoms with Crippen LogP contribution in [0.25, 0.3) is 0 Å². The van der Waals surface area contributed by atoms with E-state index in [1.54, 1.807) is 30.5 Å². The molecule has 198 valence electrons. The molecule has 0 bridgehead atoms. The van der Waals surface area contributed by atoms with Crippen molar-refractivity contribution in [1.82, 2.24) is 14.3 Å². The first-order chi connectivity index (χ1) is 18.4. The number of para-hydroxylation sites is 1. The Hall–Kier alpha value is -3.34. The van der Waals surface area contributed by atoms with Crippen LogP contribution in [0.15, 0.2) is 59.6 Å². The monoisotopic (exact) mass is 533 g/mol. The van der Waals surface area contributed by atoms with Crippen LogP contribution in [0.2, 0.25) is 0 Å². The Bertz CT molecular complexity index is 1450. The number of hydrogen-bond donors (Lipinski definition) is 2. The van der Waals surface area contributed by atoms with E-state index >= 15 is 0 Å². The van der Waals surface area contributed by atoms with Gasteiger partial charge < -0.3 is 15.3 Å². The molecular formula is C28H31N5O4S. The summed E-state index contributed by atoms with van der Waals surface area (Å²) in [7, 11) is -3.62. The van der Waals surface area contributed by atoms with Crippen molar-refractivity contribution in [3.05, 3.63) is 65.9 Å². The lowest BCUT2D eigenvalue weighted by atomic mass is 10.0. The number of aliphatic hydroxyl groups excluding tert-OH is 1. The summed E-state index contributed by atoms with van der Waals surface area (Å²) in [6.07, 6.45) is 6.80. The van der Waals surface area contributed by atoms with E-state index in [1.807, 2.05) is 24.3 Å².